The highest BCUT2D eigenvalue weighted by Crippen LogP contribution is 2.17. The standard InChI is InChI=1S/C13H18N2O2/c1-4-12-14-10-7-5-6-8-11(10)15(12)9-13(16-2)17-3/h5-8,13H,4,9H2,1-3H3. The van der Waals surface area contributed by atoms with Gasteiger partial charge in [-0.25, -0.2) is 4.98 Å². The number of imidazole rings is 1. The van der Waals surface area contributed by atoms with Gasteiger partial charge >= 0.3 is 0 Å². The second-order valence-corrected chi connectivity index (χ2v) is 3.88. The van der Waals surface area contributed by atoms with Gasteiger partial charge in [-0.3, -0.25) is 0 Å². The minimum absolute atomic E-state index is 0.238. The molecule has 0 aliphatic carbocycles. The van der Waals surface area contributed by atoms with Crippen molar-refractivity contribution in [1.29, 1.82) is 0 Å². The van der Waals surface area contributed by atoms with Gasteiger partial charge in [-0.15, -0.1) is 0 Å². The third-order valence-electron chi connectivity index (χ3n) is 2.91. The Morgan fingerprint density at radius 2 is 1.94 bits per heavy atom. The van der Waals surface area contributed by atoms with Crippen LogP contribution in [0.4, 0.5) is 0 Å². The number of ether oxygens (including phenoxy) is 2. The van der Waals surface area contributed by atoms with Gasteiger partial charge in [-0.2, -0.15) is 0 Å². The molecule has 0 saturated heterocycles. The quantitative estimate of drug-likeness (QED) is 0.744. The van der Waals surface area contributed by atoms with Crippen molar-refractivity contribution >= 4 is 11.0 Å². The van der Waals surface area contributed by atoms with E-state index in [1.165, 1.54) is 0 Å². The average Bonchev–Trinajstić information content (AvgIpc) is 2.73. The van der Waals surface area contributed by atoms with Crippen molar-refractivity contribution in [2.45, 2.75) is 26.2 Å². The van der Waals surface area contributed by atoms with Gasteiger partial charge in [0.2, 0.25) is 0 Å². The Morgan fingerprint density at radius 3 is 2.59 bits per heavy atom. The van der Waals surface area contributed by atoms with E-state index in [0.717, 1.165) is 23.3 Å². The molecule has 4 nitrogen and oxygen atoms in total. The number of nitrogens with zero attached hydrogens (tertiary/aromatic N) is 2. The summed E-state index contributed by atoms with van der Waals surface area (Å²) < 4.78 is 12.7. The van der Waals surface area contributed by atoms with Crippen LogP contribution in [0.25, 0.3) is 11.0 Å². The first-order chi connectivity index (χ1) is 8.30. The first kappa shape index (κ1) is 12.1. The third kappa shape index (κ3) is 2.33. The van der Waals surface area contributed by atoms with Crippen LogP contribution in [-0.2, 0) is 22.4 Å². The number of aryl methyl sites for hydroxylation is 1. The number of rotatable bonds is 5. The lowest BCUT2D eigenvalue weighted by atomic mass is 10.3. The largest absolute Gasteiger partial charge is 0.354 e. The Balaban J connectivity index is 2.42. The number of hydrogen-bond acceptors (Lipinski definition) is 3. The summed E-state index contributed by atoms with van der Waals surface area (Å²) in [5.74, 6) is 1.06. The lowest BCUT2D eigenvalue weighted by Crippen LogP contribution is -2.21. The normalized spacial score (nSPS) is 11.5. The van der Waals surface area contributed by atoms with Crippen molar-refractivity contribution in [2.75, 3.05) is 14.2 Å². The van der Waals surface area contributed by atoms with Crippen LogP contribution in [0.5, 0.6) is 0 Å². The van der Waals surface area contributed by atoms with Gasteiger partial charge in [0.05, 0.1) is 17.6 Å². The predicted molar refractivity (Wildman–Crippen MR) is 66.9 cm³/mol. The van der Waals surface area contributed by atoms with Gasteiger partial charge < -0.3 is 14.0 Å². The third-order valence-corrected chi connectivity index (χ3v) is 2.91. The van der Waals surface area contributed by atoms with Crippen molar-refractivity contribution in [1.82, 2.24) is 9.55 Å². The maximum atomic E-state index is 5.25. The summed E-state index contributed by atoms with van der Waals surface area (Å²) in [7, 11) is 3.30. The summed E-state index contributed by atoms with van der Waals surface area (Å²) in [5, 5.41) is 0. The van der Waals surface area contributed by atoms with E-state index in [-0.39, 0.29) is 6.29 Å². The second kappa shape index (κ2) is 5.29. The highest BCUT2D eigenvalue weighted by atomic mass is 16.7. The molecule has 1 heterocycles. The fraction of sp³-hybridized carbons (Fsp3) is 0.462. The molecule has 0 radical (unpaired) electrons. The lowest BCUT2D eigenvalue weighted by Gasteiger charge is -2.16. The number of aromatic nitrogens is 2. The zero-order chi connectivity index (χ0) is 12.3. The number of hydrogen-bond donors (Lipinski definition) is 0. The fourth-order valence-electron chi connectivity index (χ4n) is 1.99. The molecule has 0 amide bonds. The number of para-hydroxylation sites is 2. The van der Waals surface area contributed by atoms with Gasteiger partial charge in [-0.1, -0.05) is 19.1 Å². The van der Waals surface area contributed by atoms with Crippen molar-refractivity contribution in [3.05, 3.63) is 30.1 Å². The summed E-state index contributed by atoms with van der Waals surface area (Å²) in [6, 6.07) is 8.13. The number of benzene rings is 1. The monoisotopic (exact) mass is 234 g/mol. The van der Waals surface area contributed by atoms with E-state index in [1.807, 2.05) is 18.2 Å². The molecule has 0 atom stereocenters. The Bertz CT molecular complexity index is 489. The van der Waals surface area contributed by atoms with Crippen LogP contribution >= 0.6 is 0 Å². The van der Waals surface area contributed by atoms with E-state index < -0.39 is 0 Å². The first-order valence-corrected chi connectivity index (χ1v) is 5.79. The van der Waals surface area contributed by atoms with E-state index in [4.69, 9.17) is 9.47 Å². The maximum Gasteiger partial charge on any atom is 0.174 e. The number of methoxy groups -OCH3 is 2. The topological polar surface area (TPSA) is 36.3 Å². The smallest absolute Gasteiger partial charge is 0.174 e. The molecule has 1 aromatic carbocycles. The minimum Gasteiger partial charge on any atom is -0.354 e. The highest BCUT2D eigenvalue weighted by Gasteiger charge is 2.13. The molecule has 0 bridgehead atoms. The lowest BCUT2D eigenvalue weighted by molar-refractivity contribution is -0.110. The second-order valence-electron chi connectivity index (χ2n) is 3.88. The minimum atomic E-state index is -0.238. The molecule has 0 unspecified atom stereocenters. The van der Waals surface area contributed by atoms with E-state index >= 15 is 0 Å². The Hall–Kier alpha value is -1.39. The van der Waals surface area contributed by atoms with Crippen molar-refractivity contribution in [3.8, 4) is 0 Å². The highest BCUT2D eigenvalue weighted by molar-refractivity contribution is 5.75. The summed E-state index contributed by atoms with van der Waals surface area (Å²) in [6.45, 7) is 2.77. The molecule has 2 aromatic rings. The molecule has 2 rings (SSSR count). The maximum absolute atomic E-state index is 5.25. The summed E-state index contributed by atoms with van der Waals surface area (Å²) in [4.78, 5) is 4.60. The Kier molecular flexibility index (Phi) is 3.76. The van der Waals surface area contributed by atoms with Crippen LogP contribution in [0.3, 0.4) is 0 Å². The SMILES string of the molecule is CCc1nc2ccccc2n1CC(OC)OC. The summed E-state index contributed by atoms with van der Waals surface area (Å²) in [5.41, 5.74) is 2.15. The zero-order valence-electron chi connectivity index (χ0n) is 10.5. The van der Waals surface area contributed by atoms with Crippen molar-refractivity contribution in [3.63, 3.8) is 0 Å². The Labute approximate surface area is 101 Å². The van der Waals surface area contributed by atoms with Gasteiger partial charge in [0, 0.05) is 20.6 Å². The Morgan fingerprint density at radius 1 is 1.24 bits per heavy atom. The van der Waals surface area contributed by atoms with E-state index in [0.29, 0.717) is 6.54 Å². The van der Waals surface area contributed by atoms with Crippen molar-refractivity contribution < 1.29 is 9.47 Å². The van der Waals surface area contributed by atoms with E-state index in [2.05, 4.69) is 22.5 Å². The van der Waals surface area contributed by atoms with Crippen LogP contribution in [-0.4, -0.2) is 30.1 Å². The molecule has 0 N–H and O–H groups in total. The molecule has 4 heteroatoms. The predicted octanol–water partition coefficient (Wildman–Crippen LogP) is 2.22. The molecular weight excluding hydrogens is 216 g/mol. The van der Waals surface area contributed by atoms with Gasteiger partial charge in [0.25, 0.3) is 0 Å². The van der Waals surface area contributed by atoms with Crippen LogP contribution in [0.15, 0.2) is 24.3 Å². The number of fused-ring (bicyclic) bond motifs is 1. The zero-order valence-corrected chi connectivity index (χ0v) is 10.5. The fourth-order valence-corrected chi connectivity index (χ4v) is 1.99. The van der Waals surface area contributed by atoms with Gasteiger partial charge in [0.15, 0.2) is 6.29 Å². The molecule has 0 aliphatic rings. The molecule has 1 aromatic heterocycles. The van der Waals surface area contributed by atoms with Crippen LogP contribution in [0.1, 0.15) is 12.7 Å². The van der Waals surface area contributed by atoms with Crippen LogP contribution in [0.2, 0.25) is 0 Å². The molecule has 17 heavy (non-hydrogen) atoms. The van der Waals surface area contributed by atoms with Crippen molar-refractivity contribution in [2.24, 2.45) is 0 Å². The van der Waals surface area contributed by atoms with E-state index in [9.17, 15) is 0 Å². The summed E-state index contributed by atoms with van der Waals surface area (Å²) in [6.07, 6.45) is 0.660. The van der Waals surface area contributed by atoms with E-state index in [1.54, 1.807) is 14.2 Å². The average molecular weight is 234 g/mol. The van der Waals surface area contributed by atoms with Gasteiger partial charge in [0.1, 0.15) is 5.82 Å². The molecular formula is C13H18N2O2. The molecule has 0 spiro atoms. The van der Waals surface area contributed by atoms with Crippen LogP contribution in [0, 0.1) is 0 Å². The molecule has 92 valence electrons. The molecule has 0 aliphatic heterocycles. The van der Waals surface area contributed by atoms with Crippen LogP contribution < -0.4 is 0 Å². The molecule has 0 saturated carbocycles. The first-order valence-electron chi connectivity index (χ1n) is 5.79. The summed E-state index contributed by atoms with van der Waals surface area (Å²) >= 11 is 0. The molecule has 0 fully saturated rings. The van der Waals surface area contributed by atoms with Gasteiger partial charge in [-0.05, 0) is 12.1 Å².